The minimum Gasteiger partial charge on any atom is -0.379 e. The molecule has 1 unspecified atom stereocenters. The molecule has 19 heavy (non-hydrogen) atoms. The lowest BCUT2D eigenvalue weighted by molar-refractivity contribution is 0.0134. The van der Waals surface area contributed by atoms with Crippen LogP contribution in [0.2, 0.25) is 0 Å². The molecule has 0 bridgehead atoms. The summed E-state index contributed by atoms with van der Waals surface area (Å²) in [7, 11) is 0. The highest BCUT2D eigenvalue weighted by atomic mass is 16.5. The van der Waals surface area contributed by atoms with Gasteiger partial charge in [0.1, 0.15) is 0 Å². The number of benzene rings is 1. The third kappa shape index (κ3) is 2.67. The lowest BCUT2D eigenvalue weighted by Crippen LogP contribution is -2.38. The summed E-state index contributed by atoms with van der Waals surface area (Å²) in [6.07, 6.45) is 0. The van der Waals surface area contributed by atoms with E-state index in [2.05, 4.69) is 22.0 Å². The summed E-state index contributed by atoms with van der Waals surface area (Å²) in [4.78, 5) is 6.79. The van der Waals surface area contributed by atoms with Crippen molar-refractivity contribution in [1.82, 2.24) is 15.0 Å². The van der Waals surface area contributed by atoms with Crippen molar-refractivity contribution in [1.29, 1.82) is 0 Å². The summed E-state index contributed by atoms with van der Waals surface area (Å²) in [5, 5.41) is 4.06. The number of morpholine rings is 1. The Morgan fingerprint density at radius 3 is 2.63 bits per heavy atom. The van der Waals surface area contributed by atoms with Gasteiger partial charge in [-0.15, -0.1) is 0 Å². The van der Waals surface area contributed by atoms with Crippen molar-refractivity contribution in [3.8, 4) is 11.4 Å². The molecule has 1 aromatic carbocycles. The Bertz CT molecular complexity index is 520. The van der Waals surface area contributed by atoms with Gasteiger partial charge in [-0.3, -0.25) is 4.90 Å². The van der Waals surface area contributed by atoms with Gasteiger partial charge in [0, 0.05) is 18.7 Å². The first kappa shape index (κ1) is 12.3. The predicted octanol–water partition coefficient (Wildman–Crippen LogP) is 2.13. The largest absolute Gasteiger partial charge is 0.379 e. The van der Waals surface area contributed by atoms with Crippen LogP contribution in [0.3, 0.4) is 0 Å². The van der Waals surface area contributed by atoms with E-state index in [-0.39, 0.29) is 6.04 Å². The van der Waals surface area contributed by atoms with Crippen LogP contribution in [0.15, 0.2) is 34.9 Å². The zero-order chi connectivity index (χ0) is 13.1. The van der Waals surface area contributed by atoms with Crippen LogP contribution in [0, 0.1) is 0 Å². The second-order valence-electron chi connectivity index (χ2n) is 4.65. The first-order chi connectivity index (χ1) is 9.34. The molecule has 1 atom stereocenters. The summed E-state index contributed by atoms with van der Waals surface area (Å²) in [5.41, 5.74) is 0.978. The second kappa shape index (κ2) is 5.50. The van der Waals surface area contributed by atoms with Crippen LogP contribution < -0.4 is 0 Å². The number of hydrogen-bond donors (Lipinski definition) is 0. The number of aromatic nitrogens is 2. The minimum absolute atomic E-state index is 0.133. The van der Waals surface area contributed by atoms with E-state index in [1.54, 1.807) is 0 Å². The fraction of sp³-hybridized carbons (Fsp3) is 0.429. The van der Waals surface area contributed by atoms with Crippen LogP contribution in [0.1, 0.15) is 18.9 Å². The molecule has 2 aromatic rings. The summed E-state index contributed by atoms with van der Waals surface area (Å²) < 4.78 is 10.7. The van der Waals surface area contributed by atoms with Crippen LogP contribution in [0.25, 0.3) is 11.4 Å². The van der Waals surface area contributed by atoms with Gasteiger partial charge in [-0.2, -0.15) is 4.98 Å². The van der Waals surface area contributed by atoms with Gasteiger partial charge in [0.25, 0.3) is 0 Å². The van der Waals surface area contributed by atoms with Gasteiger partial charge < -0.3 is 9.26 Å². The molecule has 5 nitrogen and oxygen atoms in total. The highest BCUT2D eigenvalue weighted by molar-refractivity contribution is 5.53. The highest BCUT2D eigenvalue weighted by Gasteiger charge is 2.23. The molecule has 1 aromatic heterocycles. The highest BCUT2D eigenvalue weighted by Crippen LogP contribution is 2.22. The molecule has 100 valence electrons. The van der Waals surface area contributed by atoms with E-state index in [4.69, 9.17) is 9.26 Å². The maximum absolute atomic E-state index is 5.39. The van der Waals surface area contributed by atoms with E-state index in [0.29, 0.717) is 11.7 Å². The van der Waals surface area contributed by atoms with E-state index in [1.807, 2.05) is 30.3 Å². The Hall–Kier alpha value is -1.72. The van der Waals surface area contributed by atoms with E-state index in [0.717, 1.165) is 31.9 Å². The zero-order valence-electron chi connectivity index (χ0n) is 11.0. The molecule has 0 saturated carbocycles. The molecule has 0 aliphatic carbocycles. The molecule has 0 N–H and O–H groups in total. The lowest BCUT2D eigenvalue weighted by Gasteiger charge is -2.29. The van der Waals surface area contributed by atoms with E-state index < -0.39 is 0 Å². The molecule has 0 radical (unpaired) electrons. The first-order valence-electron chi connectivity index (χ1n) is 6.55. The van der Waals surface area contributed by atoms with Crippen LogP contribution in [-0.4, -0.2) is 41.3 Å². The Morgan fingerprint density at radius 1 is 1.16 bits per heavy atom. The second-order valence-corrected chi connectivity index (χ2v) is 4.65. The zero-order valence-corrected chi connectivity index (χ0v) is 11.0. The Kier molecular flexibility index (Phi) is 3.57. The van der Waals surface area contributed by atoms with Gasteiger partial charge >= 0.3 is 0 Å². The normalized spacial score (nSPS) is 18.4. The molecular weight excluding hydrogens is 242 g/mol. The average Bonchev–Trinajstić information content (AvgIpc) is 2.98. The van der Waals surface area contributed by atoms with E-state index in [9.17, 15) is 0 Å². The summed E-state index contributed by atoms with van der Waals surface area (Å²) in [6.45, 7) is 5.44. The van der Waals surface area contributed by atoms with Gasteiger partial charge in [-0.1, -0.05) is 35.5 Å². The van der Waals surface area contributed by atoms with Gasteiger partial charge in [0.2, 0.25) is 11.7 Å². The number of ether oxygens (including phenoxy) is 1. The fourth-order valence-electron chi connectivity index (χ4n) is 2.23. The topological polar surface area (TPSA) is 51.4 Å². The number of nitrogens with zero attached hydrogens (tertiary/aromatic N) is 3. The van der Waals surface area contributed by atoms with Crippen LogP contribution in [0.5, 0.6) is 0 Å². The van der Waals surface area contributed by atoms with Gasteiger partial charge in [0.15, 0.2) is 0 Å². The Labute approximate surface area is 112 Å². The molecule has 1 aliphatic rings. The lowest BCUT2D eigenvalue weighted by atomic mass is 10.2. The van der Waals surface area contributed by atoms with Crippen molar-refractivity contribution < 1.29 is 9.26 Å². The van der Waals surface area contributed by atoms with Crippen LogP contribution in [0.4, 0.5) is 0 Å². The van der Waals surface area contributed by atoms with Crippen molar-refractivity contribution in [2.24, 2.45) is 0 Å². The average molecular weight is 259 g/mol. The van der Waals surface area contributed by atoms with Crippen molar-refractivity contribution in [3.05, 3.63) is 36.2 Å². The summed E-state index contributed by atoms with van der Waals surface area (Å²) in [6, 6.07) is 10.0. The first-order valence-corrected chi connectivity index (χ1v) is 6.55. The molecule has 0 amide bonds. The smallest absolute Gasteiger partial charge is 0.244 e. The number of hydrogen-bond acceptors (Lipinski definition) is 5. The summed E-state index contributed by atoms with van der Waals surface area (Å²) in [5.74, 6) is 1.32. The van der Waals surface area contributed by atoms with Gasteiger partial charge in [-0.25, -0.2) is 0 Å². The maximum atomic E-state index is 5.39. The third-order valence-corrected chi connectivity index (χ3v) is 3.42. The summed E-state index contributed by atoms with van der Waals surface area (Å²) >= 11 is 0. The number of rotatable bonds is 3. The van der Waals surface area contributed by atoms with Crippen molar-refractivity contribution in [3.63, 3.8) is 0 Å². The van der Waals surface area contributed by atoms with Crippen molar-refractivity contribution >= 4 is 0 Å². The van der Waals surface area contributed by atoms with Crippen molar-refractivity contribution in [2.75, 3.05) is 26.3 Å². The van der Waals surface area contributed by atoms with Crippen LogP contribution >= 0.6 is 0 Å². The van der Waals surface area contributed by atoms with Crippen LogP contribution in [-0.2, 0) is 4.74 Å². The molecule has 3 rings (SSSR count). The van der Waals surface area contributed by atoms with Crippen molar-refractivity contribution in [2.45, 2.75) is 13.0 Å². The minimum atomic E-state index is 0.133. The van der Waals surface area contributed by atoms with Gasteiger partial charge in [-0.05, 0) is 6.92 Å². The monoisotopic (exact) mass is 259 g/mol. The Morgan fingerprint density at radius 2 is 1.89 bits per heavy atom. The molecule has 1 fully saturated rings. The fourth-order valence-corrected chi connectivity index (χ4v) is 2.23. The Balaban J connectivity index is 1.77. The van der Waals surface area contributed by atoms with Gasteiger partial charge in [0.05, 0.1) is 19.3 Å². The third-order valence-electron chi connectivity index (χ3n) is 3.42. The maximum Gasteiger partial charge on any atom is 0.244 e. The van der Waals surface area contributed by atoms with E-state index in [1.165, 1.54) is 0 Å². The molecule has 0 spiro atoms. The molecule has 1 saturated heterocycles. The quantitative estimate of drug-likeness (QED) is 0.845. The standard InChI is InChI=1S/C14H17N3O2/c1-11(17-7-9-18-10-8-17)14-15-13(16-19-14)12-5-3-2-4-6-12/h2-6,11H,7-10H2,1H3. The molecule has 1 aliphatic heterocycles. The molecule has 2 heterocycles. The predicted molar refractivity (Wildman–Crippen MR) is 70.5 cm³/mol. The SMILES string of the molecule is CC(c1nc(-c2ccccc2)no1)N1CCOCC1. The van der Waals surface area contributed by atoms with E-state index >= 15 is 0 Å². The molecular formula is C14H17N3O2. The molecule has 5 heteroatoms.